The van der Waals surface area contributed by atoms with E-state index in [0.717, 1.165) is 64.2 Å². The summed E-state index contributed by atoms with van der Waals surface area (Å²) in [7, 11) is 0. The third-order valence-electron chi connectivity index (χ3n) is 7.82. The van der Waals surface area contributed by atoms with Gasteiger partial charge in [-0.15, -0.1) is 0 Å². The minimum absolute atomic E-state index is 0.0996. The highest BCUT2D eigenvalue weighted by atomic mass is 16.7. The summed E-state index contributed by atoms with van der Waals surface area (Å²) in [5, 5.41) is 33.2. The van der Waals surface area contributed by atoms with Crippen LogP contribution in [0.4, 0.5) is 0 Å². The van der Waals surface area contributed by atoms with Gasteiger partial charge in [-0.2, -0.15) is 0 Å². The van der Waals surface area contributed by atoms with E-state index >= 15 is 0 Å². The van der Waals surface area contributed by atoms with Gasteiger partial charge in [0.1, 0.15) is 48.8 Å². The number of hydrogen-bond donors (Lipinski definition) is 3. The molecule has 0 aromatic rings. The number of unbranched alkanes of at least 4 members (excludes halogenated alkanes) is 5. The normalized spacial score (nSPS) is 33.2. The maximum Gasteiger partial charge on any atom is 0.187 e. The molecule has 2 aliphatic heterocycles. The molecule has 2 aliphatic rings. The predicted octanol–water partition coefficient (Wildman–Crippen LogP) is 3.72. The van der Waals surface area contributed by atoms with E-state index in [1.54, 1.807) is 0 Å². The molecule has 0 aromatic heterocycles. The van der Waals surface area contributed by atoms with Crippen LogP contribution in [0.15, 0.2) is 0 Å². The van der Waals surface area contributed by atoms with E-state index in [0.29, 0.717) is 33.0 Å². The Morgan fingerprint density at radius 2 is 0.953 bits per heavy atom. The summed E-state index contributed by atoms with van der Waals surface area (Å²) in [5.74, 6) is 0. The quantitative estimate of drug-likeness (QED) is 0.136. The van der Waals surface area contributed by atoms with Crippen molar-refractivity contribution in [2.24, 2.45) is 0 Å². The first-order valence-electron chi connectivity index (χ1n) is 16.9. The van der Waals surface area contributed by atoms with E-state index in [1.807, 2.05) is 6.92 Å². The van der Waals surface area contributed by atoms with Crippen molar-refractivity contribution in [3.8, 4) is 0 Å². The molecule has 0 saturated carbocycles. The van der Waals surface area contributed by atoms with E-state index < -0.39 is 61.4 Å². The molecule has 0 aromatic carbocycles. The van der Waals surface area contributed by atoms with E-state index in [-0.39, 0.29) is 13.2 Å². The molecule has 3 N–H and O–H groups in total. The topological polar surface area (TPSA) is 135 Å². The Labute approximate surface area is 259 Å². The standard InChI is InChI=1S/C32H62O11/c1-6-11-16-36-21-23-25(33)26(34)28(38-18-13-8-3)32(42-23)43-27-24(22-37-17-12-7-2)41-31(35)30(40-20-15-10-5)29(27)39-19-14-9-4/h23-35H,6-22H2,1-5H3/t23?,24?,25-,26?,27+,28?,29?,30?,31+,32-/m0/s1. The third-order valence-corrected chi connectivity index (χ3v) is 7.82. The van der Waals surface area contributed by atoms with Gasteiger partial charge in [-0.3, -0.25) is 0 Å². The molecule has 10 atom stereocenters. The summed E-state index contributed by atoms with van der Waals surface area (Å²) in [6.07, 6.45) is -0.608. The fourth-order valence-electron chi connectivity index (χ4n) is 5.03. The lowest BCUT2D eigenvalue weighted by Gasteiger charge is -2.48. The lowest BCUT2D eigenvalue weighted by atomic mass is 9.96. The first-order valence-corrected chi connectivity index (χ1v) is 16.9. The van der Waals surface area contributed by atoms with E-state index in [4.69, 9.17) is 37.9 Å². The third kappa shape index (κ3) is 13.1. The smallest absolute Gasteiger partial charge is 0.187 e. The zero-order valence-corrected chi connectivity index (χ0v) is 27.4. The molecule has 0 aliphatic carbocycles. The van der Waals surface area contributed by atoms with Gasteiger partial charge >= 0.3 is 0 Å². The van der Waals surface area contributed by atoms with Crippen LogP contribution in [0.2, 0.25) is 0 Å². The molecular formula is C32H62O11. The summed E-state index contributed by atoms with van der Waals surface area (Å²) < 4.78 is 49.3. The lowest BCUT2D eigenvalue weighted by Crippen LogP contribution is -2.65. The molecule has 0 radical (unpaired) electrons. The van der Waals surface area contributed by atoms with E-state index in [1.165, 1.54) is 0 Å². The summed E-state index contributed by atoms with van der Waals surface area (Å²) in [6, 6.07) is 0. The number of hydrogen-bond acceptors (Lipinski definition) is 11. The maximum atomic E-state index is 11.2. The molecule has 11 heteroatoms. The summed E-state index contributed by atoms with van der Waals surface area (Å²) >= 11 is 0. The molecule has 0 amide bonds. The van der Waals surface area contributed by atoms with Crippen LogP contribution in [-0.2, 0) is 37.9 Å². The highest BCUT2D eigenvalue weighted by Gasteiger charge is 2.52. The zero-order valence-electron chi connectivity index (χ0n) is 27.4. The Hall–Kier alpha value is -0.440. The number of aliphatic hydroxyl groups excluding tert-OH is 3. The minimum Gasteiger partial charge on any atom is -0.387 e. The lowest BCUT2D eigenvalue weighted by molar-refractivity contribution is -0.366. The molecule has 11 nitrogen and oxygen atoms in total. The fraction of sp³-hybridized carbons (Fsp3) is 1.00. The molecule has 43 heavy (non-hydrogen) atoms. The molecule has 2 fully saturated rings. The maximum absolute atomic E-state index is 11.2. The molecule has 6 unspecified atom stereocenters. The van der Waals surface area contributed by atoms with Crippen LogP contribution in [0, 0.1) is 0 Å². The number of aliphatic hydroxyl groups is 3. The van der Waals surface area contributed by atoms with Crippen molar-refractivity contribution < 1.29 is 53.2 Å². The highest BCUT2D eigenvalue weighted by molar-refractivity contribution is 4.96. The van der Waals surface area contributed by atoms with Crippen LogP contribution in [-0.4, -0.2) is 123 Å². The van der Waals surface area contributed by atoms with Gasteiger partial charge in [0.25, 0.3) is 0 Å². The van der Waals surface area contributed by atoms with Gasteiger partial charge in [-0.25, -0.2) is 0 Å². The largest absolute Gasteiger partial charge is 0.387 e. The Balaban J connectivity index is 2.36. The van der Waals surface area contributed by atoms with Crippen LogP contribution >= 0.6 is 0 Å². The van der Waals surface area contributed by atoms with Crippen molar-refractivity contribution in [1.29, 1.82) is 0 Å². The van der Waals surface area contributed by atoms with Crippen LogP contribution in [0.5, 0.6) is 0 Å². The van der Waals surface area contributed by atoms with Gasteiger partial charge in [-0.1, -0.05) is 66.7 Å². The van der Waals surface area contributed by atoms with Crippen molar-refractivity contribution in [1.82, 2.24) is 0 Å². The number of rotatable bonds is 24. The average molecular weight is 623 g/mol. The minimum atomic E-state index is -1.26. The second-order valence-corrected chi connectivity index (χ2v) is 11.6. The van der Waals surface area contributed by atoms with Crippen LogP contribution in [0.1, 0.15) is 98.8 Å². The molecular weight excluding hydrogens is 560 g/mol. The van der Waals surface area contributed by atoms with E-state index in [9.17, 15) is 15.3 Å². The van der Waals surface area contributed by atoms with Gasteiger partial charge in [0.2, 0.25) is 0 Å². The predicted molar refractivity (Wildman–Crippen MR) is 162 cm³/mol. The average Bonchev–Trinajstić information content (AvgIpc) is 3.00. The summed E-state index contributed by atoms with van der Waals surface area (Å²) in [4.78, 5) is 0. The Kier molecular flexibility index (Phi) is 20.7. The van der Waals surface area contributed by atoms with Gasteiger partial charge in [0.15, 0.2) is 12.6 Å². The first kappa shape index (κ1) is 38.7. The second kappa shape index (κ2) is 23.0. The number of ether oxygens (including phenoxy) is 8. The molecule has 2 rings (SSSR count). The van der Waals surface area contributed by atoms with Crippen molar-refractivity contribution >= 4 is 0 Å². The highest BCUT2D eigenvalue weighted by Crippen LogP contribution is 2.33. The van der Waals surface area contributed by atoms with Crippen LogP contribution < -0.4 is 0 Å². The Morgan fingerprint density at radius 1 is 0.488 bits per heavy atom. The first-order chi connectivity index (χ1) is 20.9. The Bertz CT molecular complexity index is 669. The van der Waals surface area contributed by atoms with Gasteiger partial charge < -0.3 is 53.2 Å². The van der Waals surface area contributed by atoms with Crippen molar-refractivity contribution in [2.45, 2.75) is 160 Å². The molecule has 2 saturated heterocycles. The summed E-state index contributed by atoms with van der Waals surface area (Å²) in [5.41, 5.74) is 0. The SMILES string of the molecule is CCCCOCC1O[C@@H](O[C@@H]2C(COCCCC)O[C@@H](O)C(OCCCC)C2OCCCC)C(OCCCC)C(O)[C@H]1O. The van der Waals surface area contributed by atoms with Crippen molar-refractivity contribution in [3.63, 3.8) is 0 Å². The second-order valence-electron chi connectivity index (χ2n) is 11.6. The monoisotopic (exact) mass is 622 g/mol. The van der Waals surface area contributed by atoms with Crippen LogP contribution in [0.25, 0.3) is 0 Å². The molecule has 0 bridgehead atoms. The van der Waals surface area contributed by atoms with Gasteiger partial charge in [0.05, 0.1) is 13.2 Å². The van der Waals surface area contributed by atoms with Crippen LogP contribution in [0.3, 0.4) is 0 Å². The van der Waals surface area contributed by atoms with Gasteiger partial charge in [0, 0.05) is 33.0 Å². The summed E-state index contributed by atoms with van der Waals surface area (Å²) in [6.45, 7) is 13.0. The van der Waals surface area contributed by atoms with E-state index in [2.05, 4.69) is 27.7 Å². The molecule has 2 heterocycles. The zero-order chi connectivity index (χ0) is 31.5. The Morgan fingerprint density at radius 3 is 1.49 bits per heavy atom. The van der Waals surface area contributed by atoms with Crippen molar-refractivity contribution in [2.75, 3.05) is 46.2 Å². The van der Waals surface area contributed by atoms with Crippen molar-refractivity contribution in [3.05, 3.63) is 0 Å². The fourth-order valence-corrected chi connectivity index (χ4v) is 5.03. The molecule has 0 spiro atoms. The molecule has 256 valence electrons. The van der Waals surface area contributed by atoms with Gasteiger partial charge in [-0.05, 0) is 32.1 Å².